The van der Waals surface area contributed by atoms with Gasteiger partial charge in [0, 0.05) is 29.4 Å². The van der Waals surface area contributed by atoms with Crippen molar-refractivity contribution in [1.82, 2.24) is 20.2 Å². The van der Waals surface area contributed by atoms with Gasteiger partial charge in [0.15, 0.2) is 0 Å². The van der Waals surface area contributed by atoms with Crippen molar-refractivity contribution in [3.8, 4) is 11.3 Å². The lowest BCUT2D eigenvalue weighted by molar-refractivity contribution is 0.821. The summed E-state index contributed by atoms with van der Waals surface area (Å²) in [6.07, 6.45) is 3.71. The lowest BCUT2D eigenvalue weighted by Crippen LogP contribution is -2.07. The van der Waals surface area contributed by atoms with E-state index >= 15 is 0 Å². The molecule has 0 saturated heterocycles. The van der Waals surface area contributed by atoms with Gasteiger partial charge in [-0.05, 0) is 25.0 Å². The first-order valence-corrected chi connectivity index (χ1v) is 8.44. The van der Waals surface area contributed by atoms with E-state index in [9.17, 15) is 0 Å². The number of para-hydroxylation sites is 1. The second-order valence-corrected chi connectivity index (χ2v) is 5.89. The fraction of sp³-hybridized carbons (Fsp3) is 0.150. The molecular weight excluding hydrogens is 310 g/mol. The SMILES string of the molecule is c1ccc(-c2nc(NCCCc3ccn[nH]3)nc3ccccc23)cc1. The fourth-order valence-electron chi connectivity index (χ4n) is 2.87. The van der Waals surface area contributed by atoms with Crippen LogP contribution in [-0.4, -0.2) is 26.7 Å². The van der Waals surface area contributed by atoms with E-state index in [1.54, 1.807) is 6.20 Å². The van der Waals surface area contributed by atoms with Crippen LogP contribution in [0, 0.1) is 0 Å². The van der Waals surface area contributed by atoms with Gasteiger partial charge in [-0.25, -0.2) is 9.97 Å². The van der Waals surface area contributed by atoms with Crippen molar-refractivity contribution in [2.45, 2.75) is 12.8 Å². The molecule has 2 N–H and O–H groups in total. The molecule has 0 atom stereocenters. The summed E-state index contributed by atoms with van der Waals surface area (Å²) in [6, 6.07) is 20.4. The summed E-state index contributed by atoms with van der Waals surface area (Å²) in [5, 5.41) is 11.4. The number of hydrogen-bond acceptors (Lipinski definition) is 4. The van der Waals surface area contributed by atoms with Crippen molar-refractivity contribution in [2.75, 3.05) is 11.9 Å². The lowest BCUT2D eigenvalue weighted by Gasteiger charge is -2.10. The minimum Gasteiger partial charge on any atom is -0.354 e. The maximum Gasteiger partial charge on any atom is 0.223 e. The molecule has 0 unspecified atom stereocenters. The predicted octanol–water partition coefficient (Wildman–Crippen LogP) is 4.06. The fourth-order valence-corrected chi connectivity index (χ4v) is 2.87. The number of aryl methyl sites for hydroxylation is 1. The molecule has 0 bridgehead atoms. The normalized spacial score (nSPS) is 10.9. The van der Waals surface area contributed by atoms with Crippen LogP contribution in [0.3, 0.4) is 0 Å². The third kappa shape index (κ3) is 3.50. The molecule has 0 radical (unpaired) electrons. The van der Waals surface area contributed by atoms with Crippen molar-refractivity contribution in [2.24, 2.45) is 0 Å². The van der Waals surface area contributed by atoms with Crippen molar-refractivity contribution < 1.29 is 0 Å². The van der Waals surface area contributed by atoms with Crippen molar-refractivity contribution in [3.05, 3.63) is 72.6 Å². The molecule has 5 nitrogen and oxygen atoms in total. The Morgan fingerprint density at radius 2 is 1.72 bits per heavy atom. The Labute approximate surface area is 146 Å². The molecular formula is C20H19N5. The van der Waals surface area contributed by atoms with Gasteiger partial charge in [0.25, 0.3) is 0 Å². The topological polar surface area (TPSA) is 66.5 Å². The second kappa shape index (κ2) is 7.13. The van der Waals surface area contributed by atoms with Gasteiger partial charge < -0.3 is 5.32 Å². The van der Waals surface area contributed by atoms with E-state index in [-0.39, 0.29) is 0 Å². The average Bonchev–Trinajstić information content (AvgIpc) is 3.19. The molecule has 4 rings (SSSR count). The van der Waals surface area contributed by atoms with Crippen LogP contribution in [0.15, 0.2) is 66.9 Å². The Morgan fingerprint density at radius 1 is 0.880 bits per heavy atom. The Morgan fingerprint density at radius 3 is 2.56 bits per heavy atom. The molecule has 0 aliphatic carbocycles. The van der Waals surface area contributed by atoms with Crippen LogP contribution in [0.1, 0.15) is 12.1 Å². The van der Waals surface area contributed by atoms with E-state index in [0.717, 1.165) is 47.2 Å². The zero-order chi connectivity index (χ0) is 16.9. The van der Waals surface area contributed by atoms with E-state index in [4.69, 9.17) is 4.98 Å². The number of rotatable bonds is 6. The number of anilines is 1. The van der Waals surface area contributed by atoms with Crippen LogP contribution >= 0.6 is 0 Å². The van der Waals surface area contributed by atoms with Crippen molar-refractivity contribution in [3.63, 3.8) is 0 Å². The zero-order valence-electron chi connectivity index (χ0n) is 13.8. The monoisotopic (exact) mass is 329 g/mol. The minimum atomic E-state index is 0.669. The number of hydrogen-bond donors (Lipinski definition) is 2. The molecule has 124 valence electrons. The molecule has 0 amide bonds. The zero-order valence-corrected chi connectivity index (χ0v) is 13.8. The molecule has 0 aliphatic heterocycles. The Kier molecular flexibility index (Phi) is 4.37. The van der Waals surface area contributed by atoms with Gasteiger partial charge in [-0.1, -0.05) is 48.5 Å². The van der Waals surface area contributed by atoms with Crippen LogP contribution in [0.2, 0.25) is 0 Å². The summed E-state index contributed by atoms with van der Waals surface area (Å²) in [6.45, 7) is 0.811. The molecule has 2 aromatic heterocycles. The molecule has 25 heavy (non-hydrogen) atoms. The van der Waals surface area contributed by atoms with E-state index in [0.29, 0.717) is 5.95 Å². The van der Waals surface area contributed by atoms with E-state index in [1.165, 1.54) is 0 Å². The highest BCUT2D eigenvalue weighted by Gasteiger charge is 2.09. The number of aromatic nitrogens is 4. The first-order valence-electron chi connectivity index (χ1n) is 8.44. The Hall–Kier alpha value is -3.21. The van der Waals surface area contributed by atoms with Crippen molar-refractivity contribution >= 4 is 16.9 Å². The summed E-state index contributed by atoms with van der Waals surface area (Å²) in [5.74, 6) is 0.669. The molecule has 2 aromatic carbocycles. The molecule has 4 aromatic rings. The van der Waals surface area contributed by atoms with Crippen LogP contribution < -0.4 is 5.32 Å². The molecule has 0 aliphatic rings. The van der Waals surface area contributed by atoms with Crippen LogP contribution in [-0.2, 0) is 6.42 Å². The highest BCUT2D eigenvalue weighted by Crippen LogP contribution is 2.26. The average molecular weight is 329 g/mol. The summed E-state index contributed by atoms with van der Waals surface area (Å²) in [7, 11) is 0. The summed E-state index contributed by atoms with van der Waals surface area (Å²) >= 11 is 0. The van der Waals surface area contributed by atoms with Gasteiger partial charge in [0.05, 0.1) is 11.2 Å². The predicted molar refractivity (Wildman–Crippen MR) is 100 cm³/mol. The number of H-pyrrole nitrogens is 1. The molecule has 0 fully saturated rings. The maximum absolute atomic E-state index is 4.76. The van der Waals surface area contributed by atoms with Gasteiger partial charge in [0.1, 0.15) is 0 Å². The minimum absolute atomic E-state index is 0.669. The third-order valence-corrected chi connectivity index (χ3v) is 4.11. The van der Waals surface area contributed by atoms with E-state index < -0.39 is 0 Å². The van der Waals surface area contributed by atoms with Gasteiger partial charge >= 0.3 is 0 Å². The van der Waals surface area contributed by atoms with Crippen LogP contribution in [0.4, 0.5) is 5.95 Å². The van der Waals surface area contributed by atoms with Gasteiger partial charge in [0.2, 0.25) is 5.95 Å². The molecule has 0 saturated carbocycles. The molecule has 0 spiro atoms. The summed E-state index contributed by atoms with van der Waals surface area (Å²) < 4.78 is 0. The molecule has 5 heteroatoms. The first-order chi connectivity index (χ1) is 12.4. The standard InChI is InChI=1S/C20H19N5/c1-2-7-15(8-3-1)19-17-10-4-5-11-18(17)23-20(24-19)21-13-6-9-16-12-14-22-25-16/h1-5,7-8,10-12,14H,6,9,13H2,(H,22,25)(H,21,23,24). The third-order valence-electron chi connectivity index (χ3n) is 4.11. The largest absolute Gasteiger partial charge is 0.354 e. The second-order valence-electron chi connectivity index (χ2n) is 5.89. The first kappa shape index (κ1) is 15.3. The Bertz CT molecular complexity index is 948. The van der Waals surface area contributed by atoms with Crippen LogP contribution in [0.5, 0.6) is 0 Å². The van der Waals surface area contributed by atoms with Gasteiger partial charge in [-0.2, -0.15) is 5.10 Å². The highest BCUT2D eigenvalue weighted by atomic mass is 15.1. The molecule has 2 heterocycles. The van der Waals surface area contributed by atoms with Crippen LogP contribution in [0.25, 0.3) is 22.2 Å². The summed E-state index contributed by atoms with van der Waals surface area (Å²) in [5.41, 5.74) is 4.16. The number of aromatic amines is 1. The number of fused-ring (bicyclic) bond motifs is 1. The lowest BCUT2D eigenvalue weighted by atomic mass is 10.1. The van der Waals surface area contributed by atoms with E-state index in [2.05, 4.69) is 38.7 Å². The van der Waals surface area contributed by atoms with Crippen molar-refractivity contribution in [1.29, 1.82) is 0 Å². The highest BCUT2D eigenvalue weighted by molar-refractivity contribution is 5.93. The Balaban J connectivity index is 1.57. The van der Waals surface area contributed by atoms with Gasteiger partial charge in [-0.15, -0.1) is 0 Å². The summed E-state index contributed by atoms with van der Waals surface area (Å²) in [4.78, 5) is 9.42. The van der Waals surface area contributed by atoms with E-state index in [1.807, 2.05) is 42.5 Å². The smallest absolute Gasteiger partial charge is 0.223 e. The number of nitrogens with one attached hydrogen (secondary N) is 2. The number of nitrogens with zero attached hydrogens (tertiary/aromatic N) is 3. The maximum atomic E-state index is 4.76. The van der Waals surface area contributed by atoms with Gasteiger partial charge in [-0.3, -0.25) is 5.10 Å². The number of benzene rings is 2. The quantitative estimate of drug-likeness (QED) is 0.523.